The van der Waals surface area contributed by atoms with E-state index < -0.39 is 0 Å². The summed E-state index contributed by atoms with van der Waals surface area (Å²) < 4.78 is 10.8. The number of fused-ring (bicyclic) bond motifs is 2. The van der Waals surface area contributed by atoms with Crippen LogP contribution in [0.3, 0.4) is 0 Å². The molecule has 6 nitrogen and oxygen atoms in total. The lowest BCUT2D eigenvalue weighted by Gasteiger charge is -2.36. The molecule has 1 amide bonds. The Morgan fingerprint density at radius 3 is 2.72 bits per heavy atom. The van der Waals surface area contributed by atoms with Crippen molar-refractivity contribution in [3.8, 4) is 5.75 Å². The zero-order chi connectivity index (χ0) is 24.9. The van der Waals surface area contributed by atoms with Gasteiger partial charge in [-0.15, -0.1) is 0 Å². The summed E-state index contributed by atoms with van der Waals surface area (Å²) in [5.74, 6) is 1.42. The molecule has 1 aromatic carbocycles. The fraction of sp³-hybridized carbons (Fsp3) is 0.567. The van der Waals surface area contributed by atoms with Crippen LogP contribution >= 0.6 is 0 Å². The summed E-state index contributed by atoms with van der Waals surface area (Å²) in [5.41, 5.74) is 6.17. The summed E-state index contributed by atoms with van der Waals surface area (Å²) in [7, 11) is 1.45. The maximum atomic E-state index is 12.9. The molecule has 2 aromatic rings. The number of likely N-dealkylation sites (tertiary alicyclic amines) is 1. The lowest BCUT2D eigenvalue weighted by molar-refractivity contribution is -0.142. The summed E-state index contributed by atoms with van der Waals surface area (Å²) in [6, 6.07) is 10.8. The van der Waals surface area contributed by atoms with Crippen molar-refractivity contribution in [3.63, 3.8) is 0 Å². The lowest BCUT2D eigenvalue weighted by atomic mass is 9.78. The van der Waals surface area contributed by atoms with Gasteiger partial charge in [0.05, 0.1) is 20.1 Å². The Labute approximate surface area is 214 Å². The molecule has 1 aliphatic carbocycles. The van der Waals surface area contributed by atoms with Crippen LogP contribution in [0.1, 0.15) is 78.9 Å². The molecule has 1 saturated heterocycles. The normalized spacial score (nSPS) is 18.2. The fourth-order valence-electron chi connectivity index (χ4n) is 6.13. The standard InChI is InChI=1S/C30H38N2O4/c1-35-30(34)20-26(24-10-9-23-15-18-36-28(23)19-24)21-13-16-32(17-14-21)29(33)8-4-6-25-12-11-22-5-2-3-7-27(22)31-25/h9-12,19,21,26H,2-8,13-18,20H2,1H3. The number of esters is 1. The van der Waals surface area contributed by atoms with Gasteiger partial charge in [-0.2, -0.15) is 0 Å². The molecule has 1 unspecified atom stereocenters. The second-order valence-electron chi connectivity index (χ2n) is 10.5. The van der Waals surface area contributed by atoms with Crippen molar-refractivity contribution in [1.29, 1.82) is 0 Å². The molecular weight excluding hydrogens is 452 g/mol. The Kier molecular flexibility index (Phi) is 7.88. The van der Waals surface area contributed by atoms with E-state index in [0.717, 1.165) is 81.6 Å². The zero-order valence-corrected chi connectivity index (χ0v) is 21.5. The molecule has 0 radical (unpaired) electrons. The Bertz CT molecular complexity index is 1090. The summed E-state index contributed by atoms with van der Waals surface area (Å²) >= 11 is 0. The van der Waals surface area contributed by atoms with Gasteiger partial charge in [0.1, 0.15) is 5.75 Å². The molecule has 0 saturated carbocycles. The van der Waals surface area contributed by atoms with Crippen molar-refractivity contribution < 1.29 is 19.1 Å². The van der Waals surface area contributed by atoms with E-state index >= 15 is 0 Å². The molecule has 1 atom stereocenters. The van der Waals surface area contributed by atoms with Crippen LogP contribution in [0.15, 0.2) is 30.3 Å². The fourth-order valence-corrected chi connectivity index (χ4v) is 6.13. The number of benzene rings is 1. The lowest BCUT2D eigenvalue weighted by Crippen LogP contribution is -2.40. The van der Waals surface area contributed by atoms with E-state index in [9.17, 15) is 9.59 Å². The van der Waals surface area contributed by atoms with E-state index in [-0.39, 0.29) is 17.8 Å². The monoisotopic (exact) mass is 490 g/mol. The molecule has 192 valence electrons. The van der Waals surface area contributed by atoms with E-state index in [2.05, 4.69) is 30.3 Å². The molecule has 5 rings (SSSR count). The number of amides is 1. The molecule has 2 aliphatic heterocycles. The molecule has 0 N–H and O–H groups in total. The number of hydrogen-bond acceptors (Lipinski definition) is 5. The van der Waals surface area contributed by atoms with Gasteiger partial charge in [0.2, 0.25) is 5.91 Å². The Morgan fingerprint density at radius 2 is 1.89 bits per heavy atom. The van der Waals surface area contributed by atoms with Gasteiger partial charge in [-0.3, -0.25) is 14.6 Å². The highest BCUT2D eigenvalue weighted by atomic mass is 16.5. The molecular formula is C30H38N2O4. The number of nitrogens with zero attached hydrogens (tertiary/aromatic N) is 2. The van der Waals surface area contributed by atoms with Crippen LogP contribution < -0.4 is 4.74 Å². The molecule has 36 heavy (non-hydrogen) atoms. The molecule has 3 aliphatic rings. The van der Waals surface area contributed by atoms with Gasteiger partial charge in [-0.1, -0.05) is 18.2 Å². The van der Waals surface area contributed by atoms with Crippen LogP contribution in [0.5, 0.6) is 5.75 Å². The number of piperidine rings is 1. The first-order valence-corrected chi connectivity index (χ1v) is 13.7. The topological polar surface area (TPSA) is 68.7 Å². The number of ether oxygens (including phenoxy) is 2. The maximum Gasteiger partial charge on any atom is 0.306 e. The number of carbonyl (C=O) groups is 2. The minimum absolute atomic E-state index is 0.0827. The summed E-state index contributed by atoms with van der Waals surface area (Å²) in [4.78, 5) is 32.0. The second kappa shape index (κ2) is 11.4. The van der Waals surface area contributed by atoms with Crippen LogP contribution in [-0.4, -0.2) is 48.6 Å². The number of aromatic nitrogens is 1. The van der Waals surface area contributed by atoms with Crippen LogP contribution in [0.25, 0.3) is 0 Å². The quantitative estimate of drug-likeness (QED) is 0.497. The number of hydrogen-bond donors (Lipinski definition) is 0. The van der Waals surface area contributed by atoms with Crippen molar-refractivity contribution in [2.45, 2.75) is 76.5 Å². The number of carbonyl (C=O) groups excluding carboxylic acids is 2. The summed E-state index contributed by atoms with van der Waals surface area (Å²) in [6.07, 6.45) is 10.1. The van der Waals surface area contributed by atoms with E-state index in [4.69, 9.17) is 14.5 Å². The average molecular weight is 491 g/mol. The second-order valence-corrected chi connectivity index (χ2v) is 10.5. The van der Waals surface area contributed by atoms with Gasteiger partial charge in [-0.25, -0.2) is 0 Å². The average Bonchev–Trinajstić information content (AvgIpc) is 3.39. The SMILES string of the molecule is COC(=O)CC(c1ccc2c(c1)OCC2)C1CCN(C(=O)CCCc2ccc3c(n2)CCCC3)CC1. The van der Waals surface area contributed by atoms with Crippen LogP contribution in [-0.2, 0) is 40.0 Å². The molecule has 6 heteroatoms. The molecule has 3 heterocycles. The van der Waals surface area contributed by atoms with Gasteiger partial charge in [-0.05, 0) is 92.0 Å². The smallest absolute Gasteiger partial charge is 0.306 e. The molecule has 1 aromatic heterocycles. The van der Waals surface area contributed by atoms with Crippen molar-refractivity contribution in [1.82, 2.24) is 9.88 Å². The van der Waals surface area contributed by atoms with Crippen LogP contribution in [0.2, 0.25) is 0 Å². The first kappa shape index (κ1) is 24.8. The number of rotatable bonds is 8. The van der Waals surface area contributed by atoms with E-state index in [1.54, 1.807) is 0 Å². The Balaban J connectivity index is 1.14. The Hall–Kier alpha value is -2.89. The highest BCUT2D eigenvalue weighted by molar-refractivity contribution is 5.76. The van der Waals surface area contributed by atoms with Crippen molar-refractivity contribution in [3.05, 3.63) is 58.4 Å². The minimum Gasteiger partial charge on any atom is -0.493 e. The first-order chi connectivity index (χ1) is 17.6. The highest BCUT2D eigenvalue weighted by Gasteiger charge is 2.32. The summed E-state index contributed by atoms with van der Waals surface area (Å²) in [5, 5.41) is 0. The largest absolute Gasteiger partial charge is 0.493 e. The predicted molar refractivity (Wildman–Crippen MR) is 138 cm³/mol. The number of pyridine rings is 1. The van der Waals surface area contributed by atoms with Gasteiger partial charge >= 0.3 is 5.97 Å². The van der Waals surface area contributed by atoms with Crippen LogP contribution in [0.4, 0.5) is 0 Å². The van der Waals surface area contributed by atoms with Gasteiger partial charge in [0, 0.05) is 37.3 Å². The van der Waals surface area contributed by atoms with E-state index in [0.29, 0.717) is 18.8 Å². The third-order valence-corrected chi connectivity index (χ3v) is 8.28. The third-order valence-electron chi connectivity index (χ3n) is 8.28. The number of aryl methyl sites for hydroxylation is 3. The third kappa shape index (κ3) is 5.74. The van der Waals surface area contributed by atoms with Crippen molar-refractivity contribution in [2.24, 2.45) is 5.92 Å². The van der Waals surface area contributed by atoms with Crippen LogP contribution in [0, 0.1) is 5.92 Å². The highest BCUT2D eigenvalue weighted by Crippen LogP contribution is 2.38. The Morgan fingerprint density at radius 1 is 1.08 bits per heavy atom. The molecule has 0 spiro atoms. The summed E-state index contributed by atoms with van der Waals surface area (Å²) in [6.45, 7) is 2.23. The van der Waals surface area contributed by atoms with Crippen molar-refractivity contribution >= 4 is 11.9 Å². The first-order valence-electron chi connectivity index (χ1n) is 13.7. The molecule has 0 bridgehead atoms. The van der Waals surface area contributed by atoms with Gasteiger partial charge < -0.3 is 14.4 Å². The predicted octanol–water partition coefficient (Wildman–Crippen LogP) is 4.80. The zero-order valence-electron chi connectivity index (χ0n) is 21.5. The van der Waals surface area contributed by atoms with Gasteiger partial charge in [0.25, 0.3) is 0 Å². The molecule has 1 fully saturated rings. The van der Waals surface area contributed by atoms with Crippen molar-refractivity contribution in [2.75, 3.05) is 26.8 Å². The maximum absolute atomic E-state index is 12.9. The minimum atomic E-state index is -0.185. The van der Waals surface area contributed by atoms with E-state index in [1.165, 1.54) is 36.8 Å². The van der Waals surface area contributed by atoms with E-state index in [1.807, 2.05) is 4.90 Å². The number of methoxy groups -OCH3 is 1. The van der Waals surface area contributed by atoms with Gasteiger partial charge in [0.15, 0.2) is 0 Å².